The van der Waals surface area contributed by atoms with E-state index in [1.807, 2.05) is 24.3 Å². The Balaban J connectivity index is 0.00000289. The highest BCUT2D eigenvalue weighted by molar-refractivity contribution is 7.99. The molecular weight excluding hydrogens is 291 g/mol. The van der Waals surface area contributed by atoms with E-state index in [0.29, 0.717) is 19.5 Å². The minimum Gasteiger partial charge on any atom is -0.356 e. The average Bonchev–Trinajstić information content (AvgIpc) is 2.32. The van der Waals surface area contributed by atoms with Gasteiger partial charge in [0.1, 0.15) is 0 Å². The zero-order valence-corrected chi connectivity index (χ0v) is 12.4. The summed E-state index contributed by atoms with van der Waals surface area (Å²) in [4.78, 5) is 12.4. The van der Waals surface area contributed by atoms with E-state index in [-0.39, 0.29) is 18.3 Å². The van der Waals surface area contributed by atoms with E-state index in [1.54, 1.807) is 11.8 Å². The third-order valence-corrected chi connectivity index (χ3v) is 3.64. The number of carbonyl (C=O) groups is 1. The van der Waals surface area contributed by atoms with Crippen LogP contribution in [-0.2, 0) is 4.79 Å². The molecule has 1 aromatic rings. The highest BCUT2D eigenvalue weighted by Crippen LogP contribution is 2.26. The number of hydrogen-bond acceptors (Lipinski definition) is 3. The first-order valence-electron chi connectivity index (χ1n) is 5.58. The molecule has 0 aliphatic heterocycles. The van der Waals surface area contributed by atoms with Crippen LogP contribution < -0.4 is 11.1 Å². The Morgan fingerprint density at radius 1 is 1.39 bits per heavy atom. The van der Waals surface area contributed by atoms with Crippen molar-refractivity contribution in [1.29, 1.82) is 0 Å². The lowest BCUT2D eigenvalue weighted by Crippen LogP contribution is -2.26. The summed E-state index contributed by atoms with van der Waals surface area (Å²) in [7, 11) is 0. The highest BCUT2D eigenvalue weighted by atomic mass is 35.5. The van der Waals surface area contributed by atoms with Crippen molar-refractivity contribution >= 4 is 41.7 Å². The minimum absolute atomic E-state index is 0. The molecule has 0 saturated carbocycles. The number of halogens is 2. The summed E-state index contributed by atoms with van der Waals surface area (Å²) in [6.07, 6.45) is 1.32. The van der Waals surface area contributed by atoms with Crippen molar-refractivity contribution in [3.63, 3.8) is 0 Å². The fourth-order valence-corrected chi connectivity index (χ4v) is 2.42. The molecule has 102 valence electrons. The van der Waals surface area contributed by atoms with Gasteiger partial charge < -0.3 is 11.1 Å². The fourth-order valence-electron chi connectivity index (χ4n) is 1.23. The maximum Gasteiger partial charge on any atom is 0.220 e. The molecule has 3 N–H and O–H groups in total. The lowest BCUT2D eigenvalue weighted by Gasteiger charge is -2.05. The Hall–Kier alpha value is -0.420. The van der Waals surface area contributed by atoms with Crippen molar-refractivity contribution < 1.29 is 4.79 Å². The molecule has 0 atom stereocenters. The van der Waals surface area contributed by atoms with Crippen LogP contribution in [0.25, 0.3) is 0 Å². The number of nitrogens with two attached hydrogens (primary N) is 1. The standard InChI is InChI=1S/C12H17ClN2OS.ClH/c13-10-4-1-2-5-11(10)17-9-6-12(16)15-8-3-7-14;/h1-2,4-5H,3,6-9,14H2,(H,15,16);1H. The smallest absolute Gasteiger partial charge is 0.220 e. The largest absolute Gasteiger partial charge is 0.356 e. The molecule has 0 saturated heterocycles. The van der Waals surface area contributed by atoms with E-state index in [4.69, 9.17) is 17.3 Å². The summed E-state index contributed by atoms with van der Waals surface area (Å²) < 4.78 is 0. The molecule has 1 amide bonds. The number of carbonyl (C=O) groups excluding carboxylic acids is 1. The van der Waals surface area contributed by atoms with Crippen LogP contribution in [0.15, 0.2) is 29.2 Å². The summed E-state index contributed by atoms with van der Waals surface area (Å²) in [5.41, 5.74) is 5.34. The molecular formula is C12H18Cl2N2OS. The number of benzene rings is 1. The van der Waals surface area contributed by atoms with E-state index < -0.39 is 0 Å². The summed E-state index contributed by atoms with van der Waals surface area (Å²) in [6, 6.07) is 7.64. The molecule has 6 heteroatoms. The maximum absolute atomic E-state index is 11.4. The molecule has 0 bridgehead atoms. The van der Waals surface area contributed by atoms with Gasteiger partial charge >= 0.3 is 0 Å². The molecule has 0 fully saturated rings. The number of nitrogens with one attached hydrogen (secondary N) is 1. The third-order valence-electron chi connectivity index (χ3n) is 2.13. The Morgan fingerprint density at radius 3 is 2.78 bits per heavy atom. The van der Waals surface area contributed by atoms with Crippen LogP contribution in [0.1, 0.15) is 12.8 Å². The number of rotatable bonds is 7. The van der Waals surface area contributed by atoms with Crippen LogP contribution in [0.2, 0.25) is 5.02 Å². The quantitative estimate of drug-likeness (QED) is 0.601. The van der Waals surface area contributed by atoms with Crippen LogP contribution in [-0.4, -0.2) is 24.7 Å². The first kappa shape index (κ1) is 17.6. The second-order valence-electron chi connectivity index (χ2n) is 3.52. The van der Waals surface area contributed by atoms with Gasteiger partial charge in [0.05, 0.1) is 5.02 Å². The Labute approximate surface area is 123 Å². The van der Waals surface area contributed by atoms with Gasteiger partial charge in [0.2, 0.25) is 5.91 Å². The van der Waals surface area contributed by atoms with Crippen molar-refractivity contribution in [2.45, 2.75) is 17.7 Å². The van der Waals surface area contributed by atoms with Crippen molar-refractivity contribution in [3.05, 3.63) is 29.3 Å². The predicted octanol–water partition coefficient (Wildman–Crippen LogP) is 2.71. The molecule has 0 aliphatic carbocycles. The van der Waals surface area contributed by atoms with E-state index in [1.165, 1.54) is 0 Å². The number of hydrogen-bond donors (Lipinski definition) is 2. The maximum atomic E-state index is 11.4. The zero-order valence-electron chi connectivity index (χ0n) is 10.0. The highest BCUT2D eigenvalue weighted by Gasteiger charge is 2.03. The van der Waals surface area contributed by atoms with E-state index >= 15 is 0 Å². The summed E-state index contributed by atoms with van der Waals surface area (Å²) in [5.74, 6) is 0.802. The van der Waals surface area contributed by atoms with Gasteiger partial charge in [-0.15, -0.1) is 24.2 Å². The van der Waals surface area contributed by atoms with Gasteiger partial charge in [0.25, 0.3) is 0 Å². The normalized spacial score (nSPS) is 9.67. The van der Waals surface area contributed by atoms with Gasteiger partial charge in [-0.05, 0) is 25.1 Å². The van der Waals surface area contributed by atoms with Gasteiger partial charge in [0.15, 0.2) is 0 Å². The number of amides is 1. The van der Waals surface area contributed by atoms with Crippen molar-refractivity contribution in [2.75, 3.05) is 18.8 Å². The molecule has 0 aliphatic rings. The monoisotopic (exact) mass is 308 g/mol. The van der Waals surface area contributed by atoms with E-state index in [2.05, 4.69) is 5.32 Å². The second kappa shape index (κ2) is 10.5. The molecule has 0 aromatic heterocycles. The topological polar surface area (TPSA) is 55.1 Å². The summed E-state index contributed by atoms with van der Waals surface area (Å²) in [5, 5.41) is 3.56. The van der Waals surface area contributed by atoms with Crippen LogP contribution in [0.4, 0.5) is 0 Å². The zero-order chi connectivity index (χ0) is 12.5. The molecule has 3 nitrogen and oxygen atoms in total. The van der Waals surface area contributed by atoms with Crippen molar-refractivity contribution in [2.24, 2.45) is 5.73 Å². The SMILES string of the molecule is Cl.NCCCNC(=O)CCSc1ccccc1Cl. The second-order valence-corrected chi connectivity index (χ2v) is 5.07. The molecule has 1 aromatic carbocycles. The minimum atomic E-state index is 0. The summed E-state index contributed by atoms with van der Waals surface area (Å²) >= 11 is 7.60. The first-order valence-corrected chi connectivity index (χ1v) is 6.94. The molecule has 1 rings (SSSR count). The first-order chi connectivity index (χ1) is 8.24. The lowest BCUT2D eigenvalue weighted by atomic mass is 10.4. The van der Waals surface area contributed by atoms with E-state index in [9.17, 15) is 4.79 Å². The van der Waals surface area contributed by atoms with Gasteiger partial charge in [-0.25, -0.2) is 0 Å². The Kier molecular flexibility index (Phi) is 10.3. The van der Waals surface area contributed by atoms with Gasteiger partial charge in [-0.2, -0.15) is 0 Å². The van der Waals surface area contributed by atoms with Crippen molar-refractivity contribution in [1.82, 2.24) is 5.32 Å². The third kappa shape index (κ3) is 7.11. The fraction of sp³-hybridized carbons (Fsp3) is 0.417. The predicted molar refractivity (Wildman–Crippen MR) is 80.7 cm³/mol. The van der Waals surface area contributed by atoms with Gasteiger partial charge in [0, 0.05) is 23.6 Å². The Bertz CT molecular complexity index is 364. The van der Waals surface area contributed by atoms with Gasteiger partial charge in [-0.1, -0.05) is 23.7 Å². The lowest BCUT2D eigenvalue weighted by molar-refractivity contribution is -0.120. The molecule has 0 radical (unpaired) electrons. The van der Waals surface area contributed by atoms with E-state index in [0.717, 1.165) is 22.1 Å². The number of thioether (sulfide) groups is 1. The average molecular weight is 309 g/mol. The van der Waals surface area contributed by atoms with Crippen LogP contribution in [0, 0.1) is 0 Å². The van der Waals surface area contributed by atoms with Crippen LogP contribution >= 0.6 is 35.8 Å². The van der Waals surface area contributed by atoms with Crippen molar-refractivity contribution in [3.8, 4) is 0 Å². The molecule has 0 spiro atoms. The summed E-state index contributed by atoms with van der Waals surface area (Å²) in [6.45, 7) is 1.26. The molecule has 0 heterocycles. The Morgan fingerprint density at radius 2 is 2.11 bits per heavy atom. The van der Waals surface area contributed by atoms with Gasteiger partial charge in [-0.3, -0.25) is 4.79 Å². The molecule has 18 heavy (non-hydrogen) atoms. The molecule has 0 unspecified atom stereocenters. The van der Waals surface area contributed by atoms with Crippen LogP contribution in [0.3, 0.4) is 0 Å². The van der Waals surface area contributed by atoms with Crippen LogP contribution in [0.5, 0.6) is 0 Å².